The second-order valence-corrected chi connectivity index (χ2v) is 8.01. The Morgan fingerprint density at radius 1 is 0.656 bits per heavy atom. The molecule has 2 aromatic carbocycles. The van der Waals surface area contributed by atoms with Gasteiger partial charge in [-0.3, -0.25) is 9.97 Å². The van der Waals surface area contributed by atoms with Crippen LogP contribution < -0.4 is 0 Å². The molecule has 0 spiro atoms. The second-order valence-electron chi connectivity index (χ2n) is 8.01. The summed E-state index contributed by atoms with van der Waals surface area (Å²) in [6, 6.07) is 20.3. The first kappa shape index (κ1) is 21.7. The summed E-state index contributed by atoms with van der Waals surface area (Å²) in [7, 11) is 0. The van der Waals surface area contributed by atoms with Crippen LogP contribution in [0.3, 0.4) is 0 Å². The number of halogens is 4. The molecular weight excluding hydrogens is 416 g/mol. The summed E-state index contributed by atoms with van der Waals surface area (Å²) in [5.41, 5.74) is 0.0285. The van der Waals surface area contributed by atoms with E-state index in [-0.39, 0.29) is 16.8 Å². The summed E-state index contributed by atoms with van der Waals surface area (Å²) in [6.45, 7) is 3.62. The fourth-order valence-corrected chi connectivity index (χ4v) is 3.51. The van der Waals surface area contributed by atoms with Crippen LogP contribution in [0.2, 0.25) is 0 Å². The molecule has 0 saturated heterocycles. The Labute approximate surface area is 183 Å². The van der Waals surface area contributed by atoms with Gasteiger partial charge >= 0.3 is 5.92 Å². The Kier molecular flexibility index (Phi) is 5.55. The van der Waals surface area contributed by atoms with Gasteiger partial charge in [-0.15, -0.1) is 0 Å². The van der Waals surface area contributed by atoms with E-state index in [9.17, 15) is 8.78 Å². The Hall–Kier alpha value is -3.54. The lowest BCUT2D eigenvalue weighted by Crippen LogP contribution is -2.25. The van der Waals surface area contributed by atoms with Crippen LogP contribution in [0.15, 0.2) is 84.9 Å². The minimum atomic E-state index is -3.26. The Bertz CT molecular complexity index is 1250. The average Bonchev–Trinajstić information content (AvgIpc) is 2.80. The zero-order valence-electron chi connectivity index (χ0n) is 17.5. The summed E-state index contributed by atoms with van der Waals surface area (Å²) in [6.07, 6.45) is 0. The summed E-state index contributed by atoms with van der Waals surface area (Å²) >= 11 is 0. The van der Waals surface area contributed by atoms with Gasteiger partial charge in [-0.1, -0.05) is 42.5 Å². The van der Waals surface area contributed by atoms with Gasteiger partial charge in [0.25, 0.3) is 0 Å². The van der Waals surface area contributed by atoms with Gasteiger partial charge < -0.3 is 0 Å². The number of nitrogens with zero attached hydrogens (tertiary/aromatic N) is 2. The standard InChI is InChI=1S/C26H20F4N2/c1-25(2,22-11-6-10-21(31-22)19-15-14-18(27)16-20(19)28)23-12-7-13-24(32-23)26(29,30)17-8-4-3-5-9-17/h3-16H,1-2H3. The van der Waals surface area contributed by atoms with Crippen LogP contribution in [0.5, 0.6) is 0 Å². The molecule has 6 heteroatoms. The van der Waals surface area contributed by atoms with E-state index < -0.39 is 23.0 Å². The van der Waals surface area contributed by atoms with E-state index >= 15 is 8.78 Å². The van der Waals surface area contributed by atoms with Crippen molar-refractivity contribution in [3.63, 3.8) is 0 Å². The lowest BCUT2D eigenvalue weighted by Gasteiger charge is -2.26. The molecular formula is C26H20F4N2. The van der Waals surface area contributed by atoms with E-state index in [1.807, 2.05) is 13.8 Å². The van der Waals surface area contributed by atoms with Crippen LogP contribution in [-0.2, 0) is 11.3 Å². The molecule has 0 aliphatic heterocycles. The minimum Gasteiger partial charge on any atom is -0.252 e. The molecule has 4 aromatic rings. The number of benzene rings is 2. The van der Waals surface area contributed by atoms with E-state index in [0.29, 0.717) is 17.1 Å². The molecule has 32 heavy (non-hydrogen) atoms. The van der Waals surface area contributed by atoms with E-state index in [0.717, 1.165) is 12.1 Å². The topological polar surface area (TPSA) is 25.8 Å². The molecule has 0 atom stereocenters. The predicted octanol–water partition coefficient (Wildman–Crippen LogP) is 6.89. The molecule has 0 fully saturated rings. The number of rotatable bonds is 5. The maximum absolute atomic E-state index is 15.1. The number of hydrogen-bond donors (Lipinski definition) is 0. The lowest BCUT2D eigenvalue weighted by molar-refractivity contribution is 0.0376. The van der Waals surface area contributed by atoms with Gasteiger partial charge in [0.1, 0.15) is 17.3 Å². The fourth-order valence-electron chi connectivity index (χ4n) is 3.51. The number of aromatic nitrogens is 2. The van der Waals surface area contributed by atoms with Crippen LogP contribution in [0.1, 0.15) is 36.5 Å². The van der Waals surface area contributed by atoms with Crippen molar-refractivity contribution in [2.75, 3.05) is 0 Å². The van der Waals surface area contributed by atoms with Crippen molar-refractivity contribution >= 4 is 0 Å². The van der Waals surface area contributed by atoms with Gasteiger partial charge in [0.05, 0.1) is 17.1 Å². The van der Waals surface area contributed by atoms with Gasteiger partial charge in [0.2, 0.25) is 0 Å². The zero-order chi connectivity index (χ0) is 22.9. The summed E-state index contributed by atoms with van der Waals surface area (Å²) in [4.78, 5) is 8.83. The van der Waals surface area contributed by atoms with Gasteiger partial charge in [-0.05, 0) is 50.2 Å². The smallest absolute Gasteiger partial charge is 0.252 e. The molecule has 0 aliphatic rings. The Morgan fingerprint density at radius 2 is 1.28 bits per heavy atom. The van der Waals surface area contributed by atoms with Gasteiger partial charge in [0, 0.05) is 22.6 Å². The highest BCUT2D eigenvalue weighted by molar-refractivity contribution is 5.60. The highest BCUT2D eigenvalue weighted by Crippen LogP contribution is 2.37. The molecule has 162 valence electrons. The molecule has 2 aromatic heterocycles. The van der Waals surface area contributed by atoms with Crippen molar-refractivity contribution in [2.24, 2.45) is 0 Å². The van der Waals surface area contributed by atoms with Crippen LogP contribution in [0.4, 0.5) is 17.6 Å². The monoisotopic (exact) mass is 436 g/mol. The third-order valence-electron chi connectivity index (χ3n) is 5.44. The van der Waals surface area contributed by atoms with Crippen molar-refractivity contribution in [3.8, 4) is 11.3 Å². The van der Waals surface area contributed by atoms with Crippen LogP contribution >= 0.6 is 0 Å². The molecule has 2 nitrogen and oxygen atoms in total. The second kappa shape index (κ2) is 8.19. The normalized spacial score (nSPS) is 12.1. The largest absolute Gasteiger partial charge is 0.314 e. The summed E-state index contributed by atoms with van der Waals surface area (Å²) in [5.74, 6) is -4.67. The molecule has 0 radical (unpaired) electrons. The van der Waals surface area contributed by atoms with Gasteiger partial charge in [0.15, 0.2) is 0 Å². The van der Waals surface area contributed by atoms with Crippen molar-refractivity contribution in [3.05, 3.63) is 119 Å². The van der Waals surface area contributed by atoms with Crippen molar-refractivity contribution in [1.29, 1.82) is 0 Å². The number of hydrogen-bond acceptors (Lipinski definition) is 2. The van der Waals surface area contributed by atoms with Crippen molar-refractivity contribution in [1.82, 2.24) is 9.97 Å². The minimum absolute atomic E-state index is 0.144. The molecule has 2 heterocycles. The first-order valence-corrected chi connectivity index (χ1v) is 10.0. The van der Waals surface area contributed by atoms with E-state index in [4.69, 9.17) is 0 Å². The highest BCUT2D eigenvalue weighted by atomic mass is 19.3. The molecule has 0 N–H and O–H groups in total. The third kappa shape index (κ3) is 4.00. The van der Waals surface area contributed by atoms with Gasteiger partial charge in [-0.25, -0.2) is 8.78 Å². The quantitative estimate of drug-likeness (QED) is 0.319. The van der Waals surface area contributed by atoms with E-state index in [1.54, 1.807) is 48.5 Å². The first-order chi connectivity index (χ1) is 15.2. The number of alkyl halides is 2. The van der Waals surface area contributed by atoms with Crippen molar-refractivity contribution in [2.45, 2.75) is 25.2 Å². The Morgan fingerprint density at radius 3 is 1.97 bits per heavy atom. The summed E-state index contributed by atoms with van der Waals surface area (Å²) in [5, 5.41) is 0. The molecule has 0 amide bonds. The SMILES string of the molecule is CC(C)(c1cccc(-c2ccc(F)cc2F)n1)c1cccc(C(F)(F)c2ccccc2)n1. The predicted molar refractivity (Wildman–Crippen MR) is 115 cm³/mol. The third-order valence-corrected chi connectivity index (χ3v) is 5.44. The van der Waals surface area contributed by atoms with Crippen LogP contribution in [0.25, 0.3) is 11.3 Å². The van der Waals surface area contributed by atoms with Gasteiger partial charge in [-0.2, -0.15) is 8.78 Å². The number of pyridine rings is 2. The molecule has 0 saturated carbocycles. The molecule has 0 unspecified atom stereocenters. The maximum Gasteiger partial charge on any atom is 0.314 e. The first-order valence-electron chi connectivity index (χ1n) is 10.0. The maximum atomic E-state index is 15.1. The Balaban J connectivity index is 1.74. The van der Waals surface area contributed by atoms with E-state index in [1.165, 1.54) is 24.3 Å². The molecule has 0 bridgehead atoms. The lowest BCUT2D eigenvalue weighted by atomic mass is 9.84. The van der Waals surface area contributed by atoms with E-state index in [2.05, 4.69) is 9.97 Å². The molecule has 0 aliphatic carbocycles. The van der Waals surface area contributed by atoms with Crippen molar-refractivity contribution < 1.29 is 17.6 Å². The zero-order valence-corrected chi connectivity index (χ0v) is 17.5. The summed E-state index contributed by atoms with van der Waals surface area (Å²) < 4.78 is 57.7. The van der Waals surface area contributed by atoms with Crippen LogP contribution in [-0.4, -0.2) is 9.97 Å². The fraction of sp³-hybridized carbons (Fsp3) is 0.154. The molecule has 4 rings (SSSR count). The van der Waals surface area contributed by atoms with Crippen LogP contribution in [0, 0.1) is 11.6 Å². The average molecular weight is 436 g/mol. The highest BCUT2D eigenvalue weighted by Gasteiger charge is 2.37.